The van der Waals surface area contributed by atoms with Crippen LogP contribution in [0.4, 0.5) is 4.39 Å². The summed E-state index contributed by atoms with van der Waals surface area (Å²) in [5, 5.41) is 6.67. The zero-order chi connectivity index (χ0) is 18.2. The first kappa shape index (κ1) is 18.5. The lowest BCUT2D eigenvalue weighted by Crippen LogP contribution is -2.42. The van der Waals surface area contributed by atoms with Gasteiger partial charge in [0.05, 0.1) is 22.0 Å². The second kappa shape index (κ2) is 7.16. The molecular weight excluding hydrogens is 362 g/mol. The van der Waals surface area contributed by atoms with Crippen LogP contribution in [0.5, 0.6) is 0 Å². The molecule has 2 unspecified atom stereocenters. The number of hydrogen-bond donors (Lipinski definition) is 2. The molecule has 1 amide bonds. The average molecular weight is 385 g/mol. The molecule has 0 bridgehead atoms. The first-order chi connectivity index (χ1) is 11.8. The molecular formula is C19H23Cl2FN2O. The Morgan fingerprint density at radius 2 is 2.08 bits per heavy atom. The van der Waals surface area contributed by atoms with Gasteiger partial charge in [0, 0.05) is 17.8 Å². The summed E-state index contributed by atoms with van der Waals surface area (Å²) in [6, 6.07) is 2.27. The summed E-state index contributed by atoms with van der Waals surface area (Å²) in [7, 11) is 0. The van der Waals surface area contributed by atoms with E-state index in [1.54, 1.807) is 0 Å². The van der Waals surface area contributed by atoms with Crippen molar-refractivity contribution in [2.75, 3.05) is 6.54 Å². The van der Waals surface area contributed by atoms with Crippen LogP contribution in [0.15, 0.2) is 24.4 Å². The third-order valence-electron chi connectivity index (χ3n) is 5.56. The zero-order valence-electron chi connectivity index (χ0n) is 14.3. The van der Waals surface area contributed by atoms with Crippen molar-refractivity contribution in [3.8, 4) is 0 Å². The third kappa shape index (κ3) is 3.65. The van der Waals surface area contributed by atoms with E-state index in [9.17, 15) is 9.18 Å². The van der Waals surface area contributed by atoms with Crippen LogP contribution in [0.3, 0.4) is 0 Å². The van der Waals surface area contributed by atoms with E-state index in [1.807, 2.05) is 0 Å². The predicted molar refractivity (Wildman–Crippen MR) is 99.1 cm³/mol. The van der Waals surface area contributed by atoms with Gasteiger partial charge in [-0.2, -0.15) is 0 Å². The fourth-order valence-corrected chi connectivity index (χ4v) is 4.46. The molecule has 3 rings (SSSR count). The quantitative estimate of drug-likeness (QED) is 0.717. The first-order valence-electron chi connectivity index (χ1n) is 8.67. The summed E-state index contributed by atoms with van der Waals surface area (Å²) in [6.07, 6.45) is 4.54. The lowest BCUT2D eigenvalue weighted by atomic mass is 9.76. The van der Waals surface area contributed by atoms with Gasteiger partial charge in [-0.1, -0.05) is 49.5 Å². The summed E-state index contributed by atoms with van der Waals surface area (Å²) < 4.78 is 14.7. The number of amides is 1. The number of benzene rings is 1. The summed E-state index contributed by atoms with van der Waals surface area (Å²) in [4.78, 5) is 12.8. The van der Waals surface area contributed by atoms with E-state index in [1.165, 1.54) is 12.1 Å². The van der Waals surface area contributed by atoms with Gasteiger partial charge in [-0.3, -0.25) is 4.79 Å². The molecule has 1 heterocycles. The predicted octanol–water partition coefficient (Wildman–Crippen LogP) is 4.99. The van der Waals surface area contributed by atoms with Crippen LogP contribution in [-0.2, 0) is 4.79 Å². The molecule has 2 aliphatic rings. The van der Waals surface area contributed by atoms with Crippen molar-refractivity contribution < 1.29 is 9.18 Å². The molecule has 0 radical (unpaired) electrons. The number of allylic oxidation sites excluding steroid dienone is 1. The monoisotopic (exact) mass is 384 g/mol. The Morgan fingerprint density at radius 3 is 2.68 bits per heavy atom. The van der Waals surface area contributed by atoms with Crippen molar-refractivity contribution in [3.63, 3.8) is 0 Å². The molecule has 3 nitrogen and oxygen atoms in total. The Morgan fingerprint density at radius 1 is 1.40 bits per heavy atom. The SMILES string of the molecule is C=C1CC(C(=O)NC(c2c(F)ccc(Cl)c2Cl)C2(C)CCCC2)CN1. The Kier molecular flexibility index (Phi) is 5.31. The van der Waals surface area contributed by atoms with Crippen molar-refractivity contribution >= 4 is 29.1 Å². The molecule has 25 heavy (non-hydrogen) atoms. The van der Waals surface area contributed by atoms with Gasteiger partial charge in [-0.15, -0.1) is 0 Å². The Labute approximate surface area is 158 Å². The summed E-state index contributed by atoms with van der Waals surface area (Å²) in [6.45, 7) is 6.51. The molecule has 2 atom stereocenters. The molecule has 0 aromatic heterocycles. The molecule has 136 valence electrons. The Bertz CT molecular complexity index is 701. The minimum atomic E-state index is -0.498. The number of halogens is 3. The number of carbonyl (C=O) groups is 1. The third-order valence-corrected chi connectivity index (χ3v) is 6.38. The van der Waals surface area contributed by atoms with Crippen molar-refractivity contribution in [1.82, 2.24) is 10.6 Å². The van der Waals surface area contributed by atoms with Crippen LogP contribution in [-0.4, -0.2) is 12.5 Å². The summed E-state index contributed by atoms with van der Waals surface area (Å²) >= 11 is 12.5. The van der Waals surface area contributed by atoms with E-state index in [4.69, 9.17) is 23.2 Å². The lowest BCUT2D eigenvalue weighted by molar-refractivity contribution is -0.126. The second-order valence-corrected chi connectivity index (χ2v) is 8.23. The molecule has 1 aromatic rings. The second-order valence-electron chi connectivity index (χ2n) is 7.45. The molecule has 6 heteroatoms. The maximum atomic E-state index is 14.7. The van der Waals surface area contributed by atoms with Crippen molar-refractivity contribution in [1.29, 1.82) is 0 Å². The minimum absolute atomic E-state index is 0.0975. The van der Waals surface area contributed by atoms with E-state index in [0.29, 0.717) is 23.6 Å². The van der Waals surface area contributed by atoms with E-state index in [2.05, 4.69) is 24.1 Å². The number of rotatable bonds is 4. The van der Waals surface area contributed by atoms with Crippen molar-refractivity contribution in [2.45, 2.75) is 45.1 Å². The van der Waals surface area contributed by atoms with Crippen molar-refractivity contribution in [3.05, 3.63) is 45.8 Å². The lowest BCUT2D eigenvalue weighted by Gasteiger charge is -2.36. The zero-order valence-corrected chi connectivity index (χ0v) is 15.8. The maximum absolute atomic E-state index is 14.7. The molecule has 1 aliphatic heterocycles. The van der Waals surface area contributed by atoms with Crippen LogP contribution in [0, 0.1) is 17.2 Å². The average Bonchev–Trinajstić information content (AvgIpc) is 3.19. The number of nitrogens with one attached hydrogen (secondary N) is 2. The molecule has 1 aromatic carbocycles. The van der Waals surface area contributed by atoms with Gasteiger partial charge in [0.15, 0.2) is 0 Å². The van der Waals surface area contributed by atoms with Gasteiger partial charge in [-0.25, -0.2) is 4.39 Å². The van der Waals surface area contributed by atoms with Crippen LogP contribution < -0.4 is 10.6 Å². The van der Waals surface area contributed by atoms with E-state index >= 15 is 0 Å². The van der Waals surface area contributed by atoms with Gasteiger partial charge in [-0.05, 0) is 36.8 Å². The van der Waals surface area contributed by atoms with E-state index < -0.39 is 11.9 Å². The maximum Gasteiger partial charge on any atom is 0.225 e. The number of hydrogen-bond acceptors (Lipinski definition) is 2. The minimum Gasteiger partial charge on any atom is -0.388 e. The van der Waals surface area contributed by atoms with E-state index in [-0.39, 0.29) is 22.3 Å². The Balaban J connectivity index is 1.95. The van der Waals surface area contributed by atoms with Crippen molar-refractivity contribution in [2.24, 2.45) is 11.3 Å². The highest BCUT2D eigenvalue weighted by molar-refractivity contribution is 6.42. The summed E-state index contributed by atoms with van der Waals surface area (Å²) in [5.74, 6) is -0.720. The normalized spacial score (nSPS) is 23.4. The fraction of sp³-hybridized carbons (Fsp3) is 0.526. The van der Waals surface area contributed by atoms with Gasteiger partial charge in [0.1, 0.15) is 5.82 Å². The van der Waals surface area contributed by atoms with Gasteiger partial charge in [0.25, 0.3) is 0 Å². The first-order valence-corrected chi connectivity index (χ1v) is 9.43. The Hall–Kier alpha value is -1.26. The standard InChI is InChI=1S/C19H23Cl2FN2O/c1-11-9-12(10-23-11)18(25)24-17(19(2)7-3-4-8-19)15-14(22)6-5-13(20)16(15)21/h5-6,12,17,23H,1,3-4,7-10H2,2H3,(H,24,25). The van der Waals surface area contributed by atoms with Crippen LogP contribution in [0.1, 0.15) is 50.6 Å². The highest BCUT2D eigenvalue weighted by atomic mass is 35.5. The van der Waals surface area contributed by atoms with Crippen LogP contribution in [0.25, 0.3) is 0 Å². The van der Waals surface area contributed by atoms with Crippen LogP contribution in [0.2, 0.25) is 10.0 Å². The molecule has 2 fully saturated rings. The molecule has 1 saturated carbocycles. The highest BCUT2D eigenvalue weighted by Gasteiger charge is 2.42. The smallest absolute Gasteiger partial charge is 0.225 e. The van der Waals surface area contributed by atoms with Gasteiger partial charge in [0.2, 0.25) is 5.91 Å². The van der Waals surface area contributed by atoms with E-state index in [0.717, 1.165) is 31.4 Å². The largest absolute Gasteiger partial charge is 0.388 e. The van der Waals surface area contributed by atoms with Gasteiger partial charge < -0.3 is 10.6 Å². The molecule has 1 saturated heterocycles. The fourth-order valence-electron chi connectivity index (χ4n) is 4.03. The summed E-state index contributed by atoms with van der Waals surface area (Å²) in [5.41, 5.74) is 0.917. The molecule has 2 N–H and O–H groups in total. The topological polar surface area (TPSA) is 41.1 Å². The molecule has 1 aliphatic carbocycles. The highest BCUT2D eigenvalue weighted by Crippen LogP contribution is 2.50. The van der Waals surface area contributed by atoms with Gasteiger partial charge >= 0.3 is 0 Å². The number of carbonyl (C=O) groups excluding carboxylic acids is 1. The van der Waals surface area contributed by atoms with Crippen LogP contribution >= 0.6 is 23.2 Å². The molecule has 0 spiro atoms.